The summed E-state index contributed by atoms with van der Waals surface area (Å²) in [6, 6.07) is 10.9. The number of amides is 1. The van der Waals surface area contributed by atoms with Crippen molar-refractivity contribution in [2.45, 2.75) is 39.3 Å². The highest BCUT2D eigenvalue weighted by molar-refractivity contribution is 7.92. The molecule has 0 aliphatic rings. The first-order chi connectivity index (χ1) is 13.1. The van der Waals surface area contributed by atoms with E-state index in [-0.39, 0.29) is 18.2 Å². The van der Waals surface area contributed by atoms with Crippen LogP contribution in [0.15, 0.2) is 48.5 Å². The lowest BCUT2D eigenvalue weighted by atomic mass is 10.1. The van der Waals surface area contributed by atoms with Crippen molar-refractivity contribution >= 4 is 27.3 Å². The Morgan fingerprint density at radius 2 is 1.82 bits per heavy atom. The van der Waals surface area contributed by atoms with Crippen LogP contribution >= 0.6 is 0 Å². The molecular formula is C20H25FN2O4S. The lowest BCUT2D eigenvalue weighted by Gasteiger charge is -2.30. The first-order valence-corrected chi connectivity index (χ1v) is 10.8. The van der Waals surface area contributed by atoms with Gasteiger partial charge in [-0.2, -0.15) is 0 Å². The molecule has 1 amide bonds. The molecule has 0 aromatic heterocycles. The van der Waals surface area contributed by atoms with Gasteiger partial charge in [0.15, 0.2) is 0 Å². The monoisotopic (exact) mass is 408 g/mol. The lowest BCUT2D eigenvalue weighted by molar-refractivity contribution is -0.117. The standard InChI is InChI=1S/C20H25FN2O4S/c1-5-19(23(28(4,25)26)17-11-9-15(21)10-12-17)20(24)22-16-7-6-8-18(13-16)27-14(2)3/h6-14,19H,5H2,1-4H3,(H,22,24)/t19-/m1/s1. The zero-order chi connectivity index (χ0) is 20.9. The molecule has 0 unspecified atom stereocenters. The largest absolute Gasteiger partial charge is 0.491 e. The average molecular weight is 408 g/mol. The van der Waals surface area contributed by atoms with Crippen molar-refractivity contribution in [2.75, 3.05) is 15.9 Å². The Bertz CT molecular complexity index is 914. The van der Waals surface area contributed by atoms with E-state index in [4.69, 9.17) is 4.74 Å². The molecule has 2 rings (SSSR count). The molecule has 1 atom stereocenters. The molecule has 0 heterocycles. The van der Waals surface area contributed by atoms with Gasteiger partial charge in [0.05, 0.1) is 18.0 Å². The molecule has 28 heavy (non-hydrogen) atoms. The van der Waals surface area contributed by atoms with Gasteiger partial charge in [0.2, 0.25) is 15.9 Å². The molecule has 0 aliphatic heterocycles. The van der Waals surface area contributed by atoms with Crippen LogP contribution in [0.3, 0.4) is 0 Å². The van der Waals surface area contributed by atoms with Gasteiger partial charge in [0, 0.05) is 11.8 Å². The first-order valence-electron chi connectivity index (χ1n) is 8.94. The summed E-state index contributed by atoms with van der Waals surface area (Å²) in [6.45, 7) is 5.50. The molecule has 0 aliphatic carbocycles. The number of ether oxygens (including phenoxy) is 1. The zero-order valence-corrected chi connectivity index (χ0v) is 17.2. The summed E-state index contributed by atoms with van der Waals surface area (Å²) >= 11 is 0. The maximum absolute atomic E-state index is 13.2. The van der Waals surface area contributed by atoms with Crippen LogP contribution < -0.4 is 14.4 Å². The minimum Gasteiger partial charge on any atom is -0.491 e. The number of carbonyl (C=O) groups is 1. The maximum atomic E-state index is 13.2. The van der Waals surface area contributed by atoms with Gasteiger partial charge < -0.3 is 10.1 Å². The van der Waals surface area contributed by atoms with Crippen molar-refractivity contribution in [3.63, 3.8) is 0 Å². The topological polar surface area (TPSA) is 75.7 Å². The van der Waals surface area contributed by atoms with Gasteiger partial charge in [-0.25, -0.2) is 12.8 Å². The molecule has 0 bridgehead atoms. The van der Waals surface area contributed by atoms with Crippen LogP contribution in [0.1, 0.15) is 27.2 Å². The number of hydrogen-bond donors (Lipinski definition) is 1. The van der Waals surface area contributed by atoms with Gasteiger partial charge >= 0.3 is 0 Å². The number of sulfonamides is 1. The van der Waals surface area contributed by atoms with E-state index < -0.39 is 27.8 Å². The number of carbonyl (C=O) groups excluding carboxylic acids is 1. The van der Waals surface area contributed by atoms with E-state index in [0.29, 0.717) is 11.4 Å². The van der Waals surface area contributed by atoms with E-state index in [1.807, 2.05) is 13.8 Å². The summed E-state index contributed by atoms with van der Waals surface area (Å²) in [6.07, 6.45) is 1.23. The number of hydrogen-bond acceptors (Lipinski definition) is 4. The minimum atomic E-state index is -3.78. The first kappa shape index (κ1) is 21.7. The lowest BCUT2D eigenvalue weighted by Crippen LogP contribution is -2.47. The molecule has 0 spiro atoms. The Balaban J connectivity index is 2.30. The van der Waals surface area contributed by atoms with E-state index in [9.17, 15) is 17.6 Å². The third-order valence-electron chi connectivity index (χ3n) is 3.88. The Labute approximate surface area is 165 Å². The summed E-state index contributed by atoms with van der Waals surface area (Å²) in [5.41, 5.74) is 0.719. The highest BCUT2D eigenvalue weighted by Crippen LogP contribution is 2.24. The van der Waals surface area contributed by atoms with Gasteiger partial charge in [-0.05, 0) is 56.7 Å². The molecular weight excluding hydrogens is 383 g/mol. The summed E-state index contributed by atoms with van der Waals surface area (Å²) < 4.78 is 44.6. The summed E-state index contributed by atoms with van der Waals surface area (Å²) in [7, 11) is -3.78. The van der Waals surface area contributed by atoms with Crippen molar-refractivity contribution in [3.05, 3.63) is 54.3 Å². The fourth-order valence-corrected chi connectivity index (χ4v) is 4.00. The van der Waals surface area contributed by atoms with E-state index in [0.717, 1.165) is 22.7 Å². The van der Waals surface area contributed by atoms with Crippen molar-refractivity contribution in [3.8, 4) is 5.75 Å². The minimum absolute atomic E-state index is 0.0199. The van der Waals surface area contributed by atoms with E-state index in [2.05, 4.69) is 5.32 Å². The van der Waals surface area contributed by atoms with Gasteiger partial charge in [-0.15, -0.1) is 0 Å². The molecule has 2 aromatic rings. The molecule has 6 nitrogen and oxygen atoms in total. The molecule has 0 saturated heterocycles. The smallest absolute Gasteiger partial charge is 0.248 e. The second-order valence-corrected chi connectivity index (χ2v) is 8.50. The molecule has 2 aromatic carbocycles. The predicted octanol–water partition coefficient (Wildman–Crippen LogP) is 3.80. The molecule has 1 N–H and O–H groups in total. The molecule has 0 saturated carbocycles. The zero-order valence-electron chi connectivity index (χ0n) is 16.3. The third kappa shape index (κ3) is 5.69. The highest BCUT2D eigenvalue weighted by atomic mass is 32.2. The van der Waals surface area contributed by atoms with E-state index in [1.54, 1.807) is 31.2 Å². The molecule has 8 heteroatoms. The Morgan fingerprint density at radius 1 is 1.18 bits per heavy atom. The Morgan fingerprint density at radius 3 is 2.36 bits per heavy atom. The van der Waals surface area contributed by atoms with Crippen LogP contribution in [0.25, 0.3) is 0 Å². The van der Waals surface area contributed by atoms with Gasteiger partial charge in [-0.1, -0.05) is 13.0 Å². The van der Waals surface area contributed by atoms with Crippen LogP contribution in [0, 0.1) is 5.82 Å². The quantitative estimate of drug-likeness (QED) is 0.721. The van der Waals surface area contributed by atoms with Crippen molar-refractivity contribution in [1.29, 1.82) is 0 Å². The summed E-state index contributed by atoms with van der Waals surface area (Å²) in [4.78, 5) is 12.9. The van der Waals surface area contributed by atoms with E-state index >= 15 is 0 Å². The van der Waals surface area contributed by atoms with Crippen LogP contribution in [-0.4, -0.2) is 32.7 Å². The molecule has 0 fully saturated rings. The van der Waals surface area contributed by atoms with Gasteiger partial charge in [-0.3, -0.25) is 9.10 Å². The van der Waals surface area contributed by atoms with Crippen molar-refractivity contribution < 1.29 is 22.3 Å². The van der Waals surface area contributed by atoms with Crippen molar-refractivity contribution in [2.24, 2.45) is 0 Å². The third-order valence-corrected chi connectivity index (χ3v) is 5.06. The molecule has 152 valence electrons. The highest BCUT2D eigenvalue weighted by Gasteiger charge is 2.31. The van der Waals surface area contributed by atoms with Gasteiger partial charge in [0.1, 0.15) is 17.6 Å². The predicted molar refractivity (Wildman–Crippen MR) is 109 cm³/mol. The van der Waals surface area contributed by atoms with Crippen LogP contribution in [-0.2, 0) is 14.8 Å². The van der Waals surface area contributed by atoms with Crippen LogP contribution in [0.5, 0.6) is 5.75 Å². The number of benzene rings is 2. The normalized spacial score (nSPS) is 12.5. The Hall–Kier alpha value is -2.61. The number of nitrogens with one attached hydrogen (secondary N) is 1. The number of halogens is 1. The van der Waals surface area contributed by atoms with E-state index in [1.165, 1.54) is 12.1 Å². The average Bonchev–Trinajstić information content (AvgIpc) is 2.59. The fourth-order valence-electron chi connectivity index (χ4n) is 2.79. The Kier molecular flexibility index (Phi) is 7.01. The van der Waals surface area contributed by atoms with Crippen LogP contribution in [0.2, 0.25) is 0 Å². The second-order valence-electron chi connectivity index (χ2n) is 6.64. The second kappa shape index (κ2) is 9.05. The van der Waals surface area contributed by atoms with Gasteiger partial charge in [0.25, 0.3) is 0 Å². The number of nitrogens with zero attached hydrogens (tertiary/aromatic N) is 1. The summed E-state index contributed by atoms with van der Waals surface area (Å²) in [5.74, 6) is -0.380. The van der Waals surface area contributed by atoms with Crippen LogP contribution in [0.4, 0.5) is 15.8 Å². The van der Waals surface area contributed by atoms with Crippen molar-refractivity contribution in [1.82, 2.24) is 0 Å². The number of anilines is 2. The summed E-state index contributed by atoms with van der Waals surface area (Å²) in [5, 5.41) is 2.74. The fraction of sp³-hybridized carbons (Fsp3) is 0.350. The SMILES string of the molecule is CC[C@H](C(=O)Nc1cccc(OC(C)C)c1)N(c1ccc(F)cc1)S(C)(=O)=O. The molecule has 0 radical (unpaired) electrons. The maximum Gasteiger partial charge on any atom is 0.248 e. The number of rotatable bonds is 8.